The van der Waals surface area contributed by atoms with E-state index in [2.05, 4.69) is 42.2 Å². The van der Waals surface area contributed by atoms with Crippen LogP contribution in [-0.4, -0.2) is 40.8 Å². The van der Waals surface area contributed by atoms with Crippen molar-refractivity contribution >= 4 is 39.5 Å². The third-order valence-corrected chi connectivity index (χ3v) is 6.20. The monoisotopic (exact) mass is 526 g/mol. The van der Waals surface area contributed by atoms with Crippen LogP contribution in [0.1, 0.15) is 49.9 Å². The zero-order chi connectivity index (χ0) is 27.0. The summed E-state index contributed by atoms with van der Waals surface area (Å²) >= 11 is 0. The molecule has 0 saturated carbocycles. The number of benzene rings is 2. The number of hydroxylamine groups is 1. The van der Waals surface area contributed by atoms with E-state index in [0.717, 1.165) is 47.8 Å². The van der Waals surface area contributed by atoms with Crippen LogP contribution < -0.4 is 10.8 Å². The molecule has 0 atom stereocenters. The SMILES string of the molecule is O=C(CCCCCCC#Cc1nc2ncnc(Nc3ccc4c(cnn4Cc4cccc(F)c4)c3)c2[nH]1)NO. The number of hydrogen-bond acceptors (Lipinski definition) is 7. The summed E-state index contributed by atoms with van der Waals surface area (Å²) in [4.78, 5) is 27.3. The number of H-pyrrole nitrogens is 1. The summed E-state index contributed by atoms with van der Waals surface area (Å²) in [6.45, 7) is 0.474. The number of imidazole rings is 1. The number of carbonyl (C=O) groups excluding carboxylic acids is 1. The summed E-state index contributed by atoms with van der Waals surface area (Å²) in [5, 5.41) is 17.2. The molecule has 10 nitrogen and oxygen atoms in total. The third-order valence-electron chi connectivity index (χ3n) is 6.20. The lowest BCUT2D eigenvalue weighted by molar-refractivity contribution is -0.129. The number of carbonyl (C=O) groups is 1. The number of rotatable bonds is 10. The van der Waals surface area contributed by atoms with Crippen molar-refractivity contribution < 1.29 is 14.4 Å². The molecule has 0 aliphatic carbocycles. The summed E-state index contributed by atoms with van der Waals surface area (Å²) in [7, 11) is 0. The van der Waals surface area contributed by atoms with Crippen molar-refractivity contribution in [2.24, 2.45) is 0 Å². The van der Waals surface area contributed by atoms with Gasteiger partial charge in [0, 0.05) is 23.9 Å². The third kappa shape index (κ3) is 6.55. The fourth-order valence-electron chi connectivity index (χ4n) is 4.27. The Morgan fingerprint density at radius 1 is 1.10 bits per heavy atom. The molecule has 4 N–H and O–H groups in total. The fourth-order valence-corrected chi connectivity index (χ4v) is 4.27. The van der Waals surface area contributed by atoms with Crippen LogP contribution in [0.2, 0.25) is 0 Å². The van der Waals surface area contributed by atoms with Gasteiger partial charge in [-0.15, -0.1) is 0 Å². The van der Waals surface area contributed by atoms with Gasteiger partial charge >= 0.3 is 0 Å². The van der Waals surface area contributed by atoms with Crippen LogP contribution in [0.15, 0.2) is 55.0 Å². The highest BCUT2D eigenvalue weighted by Gasteiger charge is 2.11. The molecule has 0 bridgehead atoms. The van der Waals surface area contributed by atoms with Crippen molar-refractivity contribution in [1.29, 1.82) is 0 Å². The number of hydrogen-bond donors (Lipinski definition) is 4. The van der Waals surface area contributed by atoms with E-state index >= 15 is 0 Å². The molecule has 0 aliphatic heterocycles. The fraction of sp³-hybridized carbons (Fsp3) is 0.250. The highest BCUT2D eigenvalue weighted by atomic mass is 19.1. The Morgan fingerprint density at radius 3 is 2.87 bits per heavy atom. The van der Waals surface area contributed by atoms with Gasteiger partial charge in [0.25, 0.3) is 0 Å². The lowest BCUT2D eigenvalue weighted by Gasteiger charge is -2.07. The first-order valence-electron chi connectivity index (χ1n) is 12.7. The van der Waals surface area contributed by atoms with Gasteiger partial charge in [0.05, 0.1) is 18.3 Å². The van der Waals surface area contributed by atoms with Crippen LogP contribution in [0, 0.1) is 17.7 Å². The van der Waals surface area contributed by atoms with Crippen molar-refractivity contribution in [3.05, 3.63) is 72.2 Å². The van der Waals surface area contributed by atoms with Crippen molar-refractivity contribution in [1.82, 2.24) is 35.2 Å². The molecule has 0 spiro atoms. The zero-order valence-electron chi connectivity index (χ0n) is 21.1. The van der Waals surface area contributed by atoms with Gasteiger partial charge in [-0.1, -0.05) is 30.9 Å². The Labute approximate surface area is 223 Å². The molecule has 3 aromatic heterocycles. The first kappa shape index (κ1) is 25.8. The summed E-state index contributed by atoms with van der Waals surface area (Å²) in [6.07, 6.45) is 7.80. The second kappa shape index (κ2) is 12.1. The van der Waals surface area contributed by atoms with Crippen LogP contribution in [0.25, 0.3) is 22.1 Å². The topological polar surface area (TPSA) is 134 Å². The standard InChI is InChI=1S/C28H27FN8O2/c29-21-9-7-8-19(14-21)17-37-23-13-12-22(15-20(23)16-32-37)33-27-26-28(31-18-30-27)35-24(34-26)10-5-3-1-2-4-6-11-25(38)36-39/h7-9,12-16,18,39H,1-4,6,11,17H2,(H,36,38)(H2,30,31,33,34,35). The quantitative estimate of drug-likeness (QED) is 0.0886. The molecular formula is C28H27FN8O2. The van der Waals surface area contributed by atoms with E-state index in [1.807, 2.05) is 28.9 Å². The van der Waals surface area contributed by atoms with Crippen LogP contribution in [0.4, 0.5) is 15.9 Å². The lowest BCUT2D eigenvalue weighted by Crippen LogP contribution is -2.17. The summed E-state index contributed by atoms with van der Waals surface area (Å²) in [5.74, 6) is 6.65. The average Bonchev–Trinajstić information content (AvgIpc) is 3.54. The maximum Gasteiger partial charge on any atom is 0.243 e. The Hall–Kier alpha value is -4.82. The van der Waals surface area contributed by atoms with E-state index in [0.29, 0.717) is 42.2 Å². The molecule has 2 aromatic carbocycles. The van der Waals surface area contributed by atoms with Crippen molar-refractivity contribution in [3.63, 3.8) is 0 Å². The van der Waals surface area contributed by atoms with Gasteiger partial charge in [-0.25, -0.2) is 24.8 Å². The second-order valence-electron chi connectivity index (χ2n) is 9.09. The molecule has 0 fully saturated rings. The molecule has 5 aromatic rings. The van der Waals surface area contributed by atoms with E-state index in [1.165, 1.54) is 18.5 Å². The highest BCUT2D eigenvalue weighted by molar-refractivity contribution is 5.88. The number of aromatic amines is 1. The molecule has 198 valence electrons. The molecule has 1 amide bonds. The number of amides is 1. The molecule has 3 heterocycles. The number of halogens is 1. The average molecular weight is 527 g/mol. The van der Waals surface area contributed by atoms with Gasteiger partial charge in [0.1, 0.15) is 17.7 Å². The van der Waals surface area contributed by atoms with Crippen molar-refractivity contribution in [3.8, 4) is 11.8 Å². The number of fused-ring (bicyclic) bond motifs is 2. The van der Waals surface area contributed by atoms with Gasteiger partial charge < -0.3 is 10.3 Å². The first-order chi connectivity index (χ1) is 19.1. The minimum Gasteiger partial charge on any atom is -0.338 e. The largest absolute Gasteiger partial charge is 0.338 e. The first-order valence-corrected chi connectivity index (χ1v) is 12.7. The minimum atomic E-state index is -0.356. The Bertz CT molecular complexity index is 1670. The Balaban J connectivity index is 1.22. The predicted octanol–water partition coefficient (Wildman–Crippen LogP) is 4.83. The van der Waals surface area contributed by atoms with E-state index in [1.54, 1.807) is 17.7 Å². The molecule has 0 aliphatic rings. The maximum absolute atomic E-state index is 13.6. The second-order valence-corrected chi connectivity index (χ2v) is 9.09. The maximum atomic E-state index is 13.6. The molecule has 5 rings (SSSR count). The number of aromatic nitrogens is 6. The zero-order valence-corrected chi connectivity index (χ0v) is 21.1. The smallest absolute Gasteiger partial charge is 0.243 e. The van der Waals surface area contributed by atoms with Gasteiger partial charge in [-0.2, -0.15) is 5.10 Å². The number of nitrogens with one attached hydrogen (secondary N) is 3. The molecule has 39 heavy (non-hydrogen) atoms. The normalized spacial score (nSPS) is 10.9. The molecular weight excluding hydrogens is 499 g/mol. The highest BCUT2D eigenvalue weighted by Crippen LogP contribution is 2.25. The minimum absolute atomic E-state index is 0.265. The molecule has 11 heteroatoms. The van der Waals surface area contributed by atoms with Gasteiger partial charge in [0.15, 0.2) is 17.3 Å². The number of anilines is 2. The van der Waals surface area contributed by atoms with Crippen molar-refractivity contribution in [2.45, 2.75) is 45.1 Å². The van der Waals surface area contributed by atoms with Crippen LogP contribution in [-0.2, 0) is 11.3 Å². The van der Waals surface area contributed by atoms with E-state index < -0.39 is 0 Å². The summed E-state index contributed by atoms with van der Waals surface area (Å²) in [6, 6.07) is 12.4. The summed E-state index contributed by atoms with van der Waals surface area (Å²) in [5.41, 5.74) is 5.42. The Morgan fingerprint density at radius 2 is 2.00 bits per heavy atom. The van der Waals surface area contributed by atoms with Crippen molar-refractivity contribution in [2.75, 3.05) is 5.32 Å². The molecule has 0 unspecified atom stereocenters. The number of nitrogens with zero attached hydrogens (tertiary/aromatic N) is 5. The molecule has 0 radical (unpaired) electrons. The lowest BCUT2D eigenvalue weighted by atomic mass is 10.1. The van der Waals surface area contributed by atoms with Gasteiger partial charge in [-0.3, -0.25) is 14.7 Å². The number of unbranched alkanes of at least 4 members (excludes halogenated alkanes) is 4. The van der Waals surface area contributed by atoms with Gasteiger partial charge in [-0.05, 0) is 54.7 Å². The van der Waals surface area contributed by atoms with E-state index in [9.17, 15) is 9.18 Å². The van der Waals surface area contributed by atoms with E-state index in [-0.39, 0.29) is 11.7 Å². The molecule has 0 saturated heterocycles. The Kier molecular flexibility index (Phi) is 8.04. The van der Waals surface area contributed by atoms with E-state index in [4.69, 9.17) is 5.21 Å². The predicted molar refractivity (Wildman–Crippen MR) is 145 cm³/mol. The summed E-state index contributed by atoms with van der Waals surface area (Å²) < 4.78 is 15.4. The van der Waals surface area contributed by atoms with Crippen LogP contribution in [0.5, 0.6) is 0 Å². The van der Waals surface area contributed by atoms with Gasteiger partial charge in [0.2, 0.25) is 5.91 Å². The van der Waals surface area contributed by atoms with Crippen LogP contribution in [0.3, 0.4) is 0 Å². The van der Waals surface area contributed by atoms with Crippen LogP contribution >= 0.6 is 0 Å².